The summed E-state index contributed by atoms with van der Waals surface area (Å²) in [5.41, 5.74) is 3.15. The largest absolute Gasteiger partial charge is 0.345 e. The summed E-state index contributed by atoms with van der Waals surface area (Å²) in [5, 5.41) is 6.15. The van der Waals surface area contributed by atoms with Crippen LogP contribution < -0.4 is 5.14 Å². The number of rotatable bonds is 4. The predicted molar refractivity (Wildman–Crippen MR) is 103 cm³/mol. The molecular formula is C20H14FN3O2S. The Balaban J connectivity index is 1.81. The van der Waals surface area contributed by atoms with Gasteiger partial charge in [0, 0.05) is 34.5 Å². The number of aldehydes is 1. The maximum Gasteiger partial charge on any atom is 0.152 e. The van der Waals surface area contributed by atoms with Crippen LogP contribution >= 0.6 is 0 Å². The number of hydrogen-bond acceptors (Lipinski definition) is 3. The van der Waals surface area contributed by atoms with Crippen molar-refractivity contribution in [3.8, 4) is 22.3 Å². The highest BCUT2D eigenvalue weighted by Crippen LogP contribution is 2.31. The van der Waals surface area contributed by atoms with Crippen LogP contribution in [0.25, 0.3) is 33.3 Å². The standard InChI is InChI=1S/C20H14FN3O2S/c21-18-8-12(16-3-1-2-4-19(16)27(22)26)5-6-15(18)13-7-17-14(11-25)10-24-20(17)23-9-13/h1-11H,22H2,(H,23,24). The number of hydrogen-bond donors (Lipinski definition) is 2. The van der Waals surface area contributed by atoms with Crippen molar-refractivity contribution in [3.05, 3.63) is 72.3 Å². The molecule has 0 saturated heterocycles. The van der Waals surface area contributed by atoms with E-state index in [9.17, 15) is 13.4 Å². The molecule has 134 valence electrons. The molecule has 7 heteroatoms. The SMILES string of the molecule is NS(=O)c1ccccc1-c1ccc(-c2cnc3[nH]cc(C=O)c3c2)c(F)c1. The van der Waals surface area contributed by atoms with E-state index in [1.54, 1.807) is 54.9 Å². The zero-order valence-corrected chi connectivity index (χ0v) is 14.8. The lowest BCUT2D eigenvalue weighted by molar-refractivity contribution is 0.112. The normalized spacial score (nSPS) is 12.2. The Morgan fingerprint density at radius 2 is 1.89 bits per heavy atom. The first kappa shape index (κ1) is 17.3. The Labute approximate surface area is 156 Å². The van der Waals surface area contributed by atoms with Crippen LogP contribution in [0.1, 0.15) is 10.4 Å². The quantitative estimate of drug-likeness (QED) is 0.528. The Morgan fingerprint density at radius 3 is 2.63 bits per heavy atom. The van der Waals surface area contributed by atoms with E-state index in [-0.39, 0.29) is 0 Å². The molecular weight excluding hydrogens is 365 g/mol. The van der Waals surface area contributed by atoms with Crippen molar-refractivity contribution in [1.82, 2.24) is 9.97 Å². The number of benzene rings is 2. The first-order chi connectivity index (χ1) is 13.1. The first-order valence-electron chi connectivity index (χ1n) is 8.06. The van der Waals surface area contributed by atoms with Gasteiger partial charge in [-0.25, -0.2) is 18.7 Å². The highest BCUT2D eigenvalue weighted by atomic mass is 32.2. The topological polar surface area (TPSA) is 88.8 Å². The second-order valence-electron chi connectivity index (χ2n) is 5.97. The van der Waals surface area contributed by atoms with E-state index in [0.717, 1.165) is 6.29 Å². The minimum atomic E-state index is -1.67. The number of nitrogens with one attached hydrogen (secondary N) is 1. The predicted octanol–water partition coefficient (Wildman–Crippen LogP) is 3.83. The van der Waals surface area contributed by atoms with Crippen LogP contribution in [0.5, 0.6) is 0 Å². The van der Waals surface area contributed by atoms with E-state index in [4.69, 9.17) is 5.14 Å². The summed E-state index contributed by atoms with van der Waals surface area (Å²) in [4.78, 5) is 18.7. The number of carbonyl (C=O) groups is 1. The Kier molecular flexibility index (Phi) is 4.39. The molecule has 27 heavy (non-hydrogen) atoms. The molecule has 0 bridgehead atoms. The van der Waals surface area contributed by atoms with Crippen molar-refractivity contribution >= 4 is 28.3 Å². The number of H-pyrrole nitrogens is 1. The van der Waals surface area contributed by atoms with Crippen molar-refractivity contribution in [2.24, 2.45) is 5.14 Å². The maximum atomic E-state index is 14.9. The molecule has 0 saturated carbocycles. The number of carbonyl (C=O) groups excluding carboxylic acids is 1. The fraction of sp³-hybridized carbons (Fsp3) is 0. The molecule has 4 rings (SSSR count). The van der Waals surface area contributed by atoms with E-state index < -0.39 is 16.8 Å². The van der Waals surface area contributed by atoms with E-state index in [1.165, 1.54) is 6.07 Å². The van der Waals surface area contributed by atoms with Gasteiger partial charge in [-0.2, -0.15) is 0 Å². The molecule has 0 aliphatic carbocycles. The Bertz CT molecular complexity index is 1200. The number of halogens is 1. The highest BCUT2D eigenvalue weighted by Gasteiger charge is 2.13. The highest BCUT2D eigenvalue weighted by molar-refractivity contribution is 7.82. The Hall–Kier alpha value is -3.16. The van der Waals surface area contributed by atoms with Crippen LogP contribution in [0.2, 0.25) is 0 Å². The van der Waals surface area contributed by atoms with Crippen molar-refractivity contribution in [3.63, 3.8) is 0 Å². The van der Waals surface area contributed by atoms with Gasteiger partial charge in [-0.05, 0) is 29.3 Å². The number of nitrogens with zero attached hydrogens (tertiary/aromatic N) is 1. The molecule has 0 radical (unpaired) electrons. The molecule has 0 aliphatic rings. The van der Waals surface area contributed by atoms with Crippen LogP contribution in [0.15, 0.2) is 65.8 Å². The van der Waals surface area contributed by atoms with Crippen LogP contribution in [-0.4, -0.2) is 20.5 Å². The molecule has 1 atom stereocenters. The van der Waals surface area contributed by atoms with Gasteiger partial charge < -0.3 is 4.98 Å². The molecule has 3 N–H and O–H groups in total. The summed E-state index contributed by atoms with van der Waals surface area (Å²) in [6.07, 6.45) is 3.85. The second-order valence-corrected chi connectivity index (χ2v) is 7.00. The molecule has 0 aliphatic heterocycles. The molecule has 4 aromatic rings. The minimum absolute atomic E-state index is 0.359. The van der Waals surface area contributed by atoms with Gasteiger partial charge in [0.2, 0.25) is 0 Å². The van der Waals surface area contributed by atoms with Crippen LogP contribution in [-0.2, 0) is 11.0 Å². The summed E-state index contributed by atoms with van der Waals surface area (Å²) in [6, 6.07) is 13.4. The van der Waals surface area contributed by atoms with Gasteiger partial charge in [0.25, 0.3) is 0 Å². The van der Waals surface area contributed by atoms with E-state index in [2.05, 4.69) is 9.97 Å². The summed E-state index contributed by atoms with van der Waals surface area (Å²) < 4.78 is 26.6. The van der Waals surface area contributed by atoms with Crippen LogP contribution in [0, 0.1) is 5.82 Å². The maximum absolute atomic E-state index is 14.9. The fourth-order valence-corrected chi connectivity index (χ4v) is 3.68. The number of nitrogens with two attached hydrogens (primary N) is 1. The van der Waals surface area contributed by atoms with Crippen molar-refractivity contribution in [2.75, 3.05) is 0 Å². The van der Waals surface area contributed by atoms with Crippen molar-refractivity contribution in [1.29, 1.82) is 0 Å². The van der Waals surface area contributed by atoms with E-state index in [0.29, 0.717) is 43.7 Å². The third kappa shape index (κ3) is 3.07. The molecule has 2 aromatic heterocycles. The number of pyridine rings is 1. The Morgan fingerprint density at radius 1 is 1.07 bits per heavy atom. The molecule has 1 unspecified atom stereocenters. The smallest absolute Gasteiger partial charge is 0.152 e. The zero-order chi connectivity index (χ0) is 19.0. The van der Waals surface area contributed by atoms with Gasteiger partial charge >= 0.3 is 0 Å². The number of aromatic amines is 1. The molecule has 0 spiro atoms. The lowest BCUT2D eigenvalue weighted by Gasteiger charge is -2.10. The second kappa shape index (κ2) is 6.86. The van der Waals surface area contributed by atoms with Gasteiger partial charge in [0.1, 0.15) is 22.5 Å². The lowest BCUT2D eigenvalue weighted by atomic mass is 10.00. The monoisotopic (exact) mass is 379 g/mol. The molecule has 5 nitrogen and oxygen atoms in total. The minimum Gasteiger partial charge on any atom is -0.345 e. The lowest BCUT2D eigenvalue weighted by Crippen LogP contribution is -2.04. The summed E-state index contributed by atoms with van der Waals surface area (Å²) in [6.45, 7) is 0. The van der Waals surface area contributed by atoms with Gasteiger partial charge in [0.05, 0.1) is 4.90 Å². The van der Waals surface area contributed by atoms with E-state index in [1.807, 2.05) is 0 Å². The van der Waals surface area contributed by atoms with Gasteiger partial charge in [-0.3, -0.25) is 4.79 Å². The fourth-order valence-electron chi connectivity index (χ4n) is 3.07. The average Bonchev–Trinajstić information content (AvgIpc) is 3.10. The third-order valence-electron chi connectivity index (χ3n) is 4.38. The molecule has 0 fully saturated rings. The van der Waals surface area contributed by atoms with Crippen LogP contribution in [0.3, 0.4) is 0 Å². The van der Waals surface area contributed by atoms with Crippen molar-refractivity contribution < 1.29 is 13.4 Å². The first-order valence-corrected chi connectivity index (χ1v) is 9.27. The van der Waals surface area contributed by atoms with Gasteiger partial charge in [-0.1, -0.05) is 30.3 Å². The summed E-state index contributed by atoms with van der Waals surface area (Å²) in [7, 11) is -1.67. The summed E-state index contributed by atoms with van der Waals surface area (Å²) in [5.74, 6) is -0.450. The van der Waals surface area contributed by atoms with E-state index >= 15 is 0 Å². The molecule has 2 aromatic carbocycles. The average molecular weight is 379 g/mol. The zero-order valence-electron chi connectivity index (χ0n) is 14.0. The van der Waals surface area contributed by atoms with Crippen LogP contribution in [0.4, 0.5) is 4.39 Å². The molecule has 2 heterocycles. The third-order valence-corrected chi connectivity index (χ3v) is 5.17. The van der Waals surface area contributed by atoms with Gasteiger partial charge in [0.15, 0.2) is 6.29 Å². The van der Waals surface area contributed by atoms with Crippen molar-refractivity contribution in [2.45, 2.75) is 4.90 Å². The van der Waals surface area contributed by atoms with Gasteiger partial charge in [-0.15, -0.1) is 0 Å². The number of aromatic nitrogens is 2. The number of fused-ring (bicyclic) bond motifs is 1. The summed E-state index contributed by atoms with van der Waals surface area (Å²) >= 11 is 0. The molecule has 0 amide bonds.